The fraction of sp³-hybridized carbons (Fsp3) is 0.261. The minimum atomic E-state index is -1.35. The first kappa shape index (κ1) is 71.2. The summed E-state index contributed by atoms with van der Waals surface area (Å²) in [6.45, 7) is 3.99. The second kappa shape index (κ2) is 36.1. The van der Waals surface area contributed by atoms with Gasteiger partial charge in [-0.15, -0.1) is 34.0 Å². The third-order valence-corrected chi connectivity index (χ3v) is 18.8. The number of halogens is 4. The number of thiophene rings is 3. The van der Waals surface area contributed by atoms with Crippen LogP contribution in [0.1, 0.15) is 91.5 Å². The van der Waals surface area contributed by atoms with Gasteiger partial charge in [-0.3, -0.25) is 14.4 Å². The molecule has 9 aromatic rings. The molecule has 6 aromatic carbocycles. The van der Waals surface area contributed by atoms with Crippen molar-refractivity contribution in [3.8, 4) is 33.4 Å². The minimum absolute atomic E-state index is 0.0662. The van der Waals surface area contributed by atoms with Crippen LogP contribution >= 0.6 is 93.4 Å². The smallest absolute Gasteiger partial charge is 0.488 e. The van der Waals surface area contributed by atoms with E-state index in [1.165, 1.54) is 53.9 Å². The first-order valence-electron chi connectivity index (χ1n) is 29.1. The topological polar surface area (TPSA) is 173 Å². The Labute approximate surface area is 570 Å². The second-order valence-electron chi connectivity index (χ2n) is 21.2. The summed E-state index contributed by atoms with van der Waals surface area (Å²) in [5.74, 6) is 3.48. The zero-order valence-electron chi connectivity index (χ0n) is 50.8. The number of nitrogens with one attached hydrogen (secondary N) is 1. The van der Waals surface area contributed by atoms with Crippen molar-refractivity contribution < 1.29 is 43.4 Å². The Balaban J connectivity index is 0.000000159. The van der Waals surface area contributed by atoms with Crippen LogP contribution in [0.3, 0.4) is 0 Å². The van der Waals surface area contributed by atoms with Crippen molar-refractivity contribution in [3.63, 3.8) is 0 Å². The number of aryl methyl sites for hydroxylation is 2. The van der Waals surface area contributed by atoms with Crippen LogP contribution in [0.4, 0.5) is 17.1 Å². The van der Waals surface area contributed by atoms with E-state index in [9.17, 15) is 14.4 Å². The summed E-state index contributed by atoms with van der Waals surface area (Å²) in [5.41, 5.74) is 12.2. The highest BCUT2D eigenvalue weighted by molar-refractivity contribution is 9.11. The van der Waals surface area contributed by atoms with E-state index in [4.69, 9.17) is 46.3 Å². The molecule has 3 heterocycles. The van der Waals surface area contributed by atoms with E-state index in [1.807, 2.05) is 138 Å². The van der Waals surface area contributed by atoms with Crippen molar-refractivity contribution in [1.29, 1.82) is 0 Å². The van der Waals surface area contributed by atoms with Gasteiger partial charge in [0.25, 0.3) is 17.1 Å². The maximum Gasteiger partial charge on any atom is 0.488 e. The number of methoxy groups -OCH3 is 4. The molecule has 0 unspecified atom stereocenters. The van der Waals surface area contributed by atoms with E-state index in [0.717, 1.165) is 104 Å². The number of ether oxygens (including phenoxy) is 4. The lowest BCUT2D eigenvalue weighted by molar-refractivity contribution is 0.0981. The van der Waals surface area contributed by atoms with Crippen LogP contribution < -0.4 is 45.3 Å². The summed E-state index contributed by atoms with van der Waals surface area (Å²) in [6.07, 6.45) is 9.37. The maximum absolute atomic E-state index is 13.2. The van der Waals surface area contributed by atoms with Crippen LogP contribution in [-0.2, 0) is 0 Å². The van der Waals surface area contributed by atoms with Gasteiger partial charge in [0.1, 0.15) is 23.0 Å². The van der Waals surface area contributed by atoms with E-state index in [2.05, 4.69) is 90.4 Å². The predicted octanol–water partition coefficient (Wildman–Crippen LogP) is 17.3. The first-order chi connectivity index (χ1) is 43.3. The normalized spacial score (nSPS) is 13.2. The average molecular weight is 1480 g/mol. The lowest BCUT2D eigenvalue weighted by atomic mass is 9.80. The van der Waals surface area contributed by atoms with Crippen LogP contribution in [-0.4, -0.2) is 86.8 Å². The van der Waals surface area contributed by atoms with E-state index in [-0.39, 0.29) is 11.8 Å². The molecule has 4 aliphatic carbocycles. The Hall–Kier alpha value is -6.30. The van der Waals surface area contributed by atoms with Crippen LogP contribution in [0.25, 0.3) is 10.4 Å². The van der Waals surface area contributed by atoms with Gasteiger partial charge >= 0.3 is 7.12 Å². The van der Waals surface area contributed by atoms with Gasteiger partial charge in [-0.2, -0.15) is 0 Å². The Morgan fingerprint density at radius 1 is 0.522 bits per heavy atom. The highest BCUT2D eigenvalue weighted by atomic mass is 79.9. The Morgan fingerprint density at radius 3 is 1.37 bits per heavy atom. The van der Waals surface area contributed by atoms with Crippen molar-refractivity contribution >= 4 is 140 Å². The average Bonchev–Trinajstić information content (AvgIpc) is 2.70. The molecule has 13 rings (SSSR count). The number of benzene rings is 6. The van der Waals surface area contributed by atoms with Crippen molar-refractivity contribution in [3.05, 3.63) is 220 Å². The van der Waals surface area contributed by atoms with Gasteiger partial charge in [0, 0.05) is 68.8 Å². The van der Waals surface area contributed by atoms with E-state index in [0.29, 0.717) is 34.5 Å². The summed E-state index contributed by atoms with van der Waals surface area (Å²) in [7, 11) is 5.28. The molecule has 4 aliphatic rings. The summed E-state index contributed by atoms with van der Waals surface area (Å²) < 4.78 is 23.6. The monoisotopic (exact) mass is 1480 g/mol. The fourth-order valence-corrected chi connectivity index (χ4v) is 12.4. The molecule has 2 amide bonds. The second-order valence-corrected chi connectivity index (χ2v) is 28.4. The van der Waals surface area contributed by atoms with Crippen molar-refractivity contribution in [2.24, 2.45) is 5.73 Å². The molecule has 5 N–H and O–H groups in total. The number of carbonyl (C=O) groups is 3. The molecular weight excluding hydrogens is 1410 g/mol. The number of carbonyl (C=O) groups excluding carboxylic acids is 3. The lowest BCUT2D eigenvalue weighted by Crippen LogP contribution is -2.32. The Kier molecular flexibility index (Phi) is 28.5. The number of anilines is 3. The van der Waals surface area contributed by atoms with Gasteiger partial charge in [-0.1, -0.05) is 99.9 Å². The molecule has 0 radical (unpaired) electrons. The molecule has 0 bridgehead atoms. The number of hydrogen-bond donors (Lipinski definition) is 4. The molecule has 4 fully saturated rings. The molecule has 13 nitrogen and oxygen atoms in total. The van der Waals surface area contributed by atoms with Gasteiger partial charge in [-0.05, 0) is 211 Å². The van der Waals surface area contributed by atoms with Crippen molar-refractivity contribution in [1.82, 2.24) is 0 Å². The van der Waals surface area contributed by atoms with Gasteiger partial charge in [0.05, 0.1) is 50.6 Å². The van der Waals surface area contributed by atoms with E-state index in [1.54, 1.807) is 70.1 Å². The molecule has 3 aromatic heterocycles. The molecule has 0 atom stereocenters. The predicted molar refractivity (Wildman–Crippen MR) is 383 cm³/mol. The standard InChI is InChI=1S/C22H21NO2S.C15H14BrNO2S.C10H13NO.C7H9BO2.C7H7BrO.C5H2BrClOS.C3H7N/c1-15-5-3-6-16(13-15)20-11-12-21(26-20)22(24)23(17-9-10-17)18-7-4-8-19(14-18)25-2;1-19-12-4-2-3-11(9-12)17(10-5-6-10)15(18)13-7-8-14(16)20-13;1-12-10-4-2-3-9(7-10)11-8-5-6-8;1-6-3-2-4-7(5-6)8(9)10;1-9-7-4-2-3-6(8)5-7;6-4-2-1-3(9-4)5(7)8;4-3-1-2-3/h3-8,11-14,17H,9-10H2,1-2H3;2-4,7-10H,5-6H2,1H3;2-4,7-8,11H,5-6H2,1H3;2-5,9-10H,1H3;2-5H,1H3;1-2H;3H,1-2,4H2. The van der Waals surface area contributed by atoms with Crippen molar-refractivity contribution in [2.75, 3.05) is 43.6 Å². The van der Waals surface area contributed by atoms with E-state index >= 15 is 0 Å². The van der Waals surface area contributed by atoms with Gasteiger partial charge < -0.3 is 49.8 Å². The van der Waals surface area contributed by atoms with Crippen LogP contribution in [0.5, 0.6) is 23.0 Å². The largest absolute Gasteiger partial charge is 0.497 e. The number of nitrogens with zero attached hydrogens (tertiary/aromatic N) is 2. The van der Waals surface area contributed by atoms with Crippen LogP contribution in [0.15, 0.2) is 194 Å². The number of rotatable bonds is 15. The zero-order chi connectivity index (χ0) is 64.7. The fourth-order valence-electron chi connectivity index (χ4n) is 8.36. The van der Waals surface area contributed by atoms with Gasteiger partial charge in [-0.25, -0.2) is 0 Å². The molecule has 0 aliphatic heterocycles. The summed E-state index contributed by atoms with van der Waals surface area (Å²) in [5, 5.41) is 20.4. The molecule has 0 saturated heterocycles. The number of amides is 2. The van der Waals surface area contributed by atoms with Gasteiger partial charge in [0.2, 0.25) is 0 Å². The summed E-state index contributed by atoms with van der Waals surface area (Å²) in [4.78, 5) is 43.4. The quantitative estimate of drug-likeness (QED) is 0.0568. The molecule has 4 saturated carbocycles. The van der Waals surface area contributed by atoms with Crippen LogP contribution in [0.2, 0.25) is 0 Å². The molecule has 0 spiro atoms. The molecule has 472 valence electrons. The summed E-state index contributed by atoms with van der Waals surface area (Å²) in [6, 6.07) is 59.9. The number of nitrogens with two attached hydrogens (primary N) is 1. The molecular formula is C69H73BBr3ClN4O9S3. The van der Waals surface area contributed by atoms with Crippen LogP contribution in [0, 0.1) is 13.8 Å². The summed E-state index contributed by atoms with van der Waals surface area (Å²) >= 11 is 19.5. The zero-order valence-corrected chi connectivity index (χ0v) is 58.8. The SMILES string of the molecule is COc1cccc(Br)c1.COc1cccc(N(C(=O)c2ccc(-c3cccc(C)c3)s2)C2CC2)c1.COc1cccc(N(C(=O)c2ccc(Br)s2)C2CC2)c1.COc1cccc(NC2CC2)c1.Cc1cccc(B(O)O)c1.NC1CC1.O=C(Cl)c1ccc(Br)s1. The van der Waals surface area contributed by atoms with Crippen molar-refractivity contribution in [2.45, 2.75) is 89.4 Å². The third kappa shape index (κ3) is 24.1. The highest BCUT2D eigenvalue weighted by Crippen LogP contribution is 2.39. The Bertz CT molecular complexity index is 3740. The third-order valence-electron chi connectivity index (χ3n) is 13.6. The van der Waals surface area contributed by atoms with Gasteiger partial charge in [0.15, 0.2) is 0 Å². The molecule has 21 heteroatoms. The number of hydrogen-bond acceptors (Lipinski definition) is 14. The highest BCUT2D eigenvalue weighted by Gasteiger charge is 2.36. The maximum atomic E-state index is 13.2. The molecule has 90 heavy (non-hydrogen) atoms. The first-order valence-corrected chi connectivity index (χ1v) is 34.3. The lowest BCUT2D eigenvalue weighted by Gasteiger charge is -2.22. The van der Waals surface area contributed by atoms with E-state index < -0.39 is 12.4 Å². The Morgan fingerprint density at radius 2 is 0.967 bits per heavy atom. The minimum Gasteiger partial charge on any atom is -0.497 e.